The molecule has 0 atom stereocenters. The van der Waals surface area contributed by atoms with Crippen LogP contribution in [0, 0.1) is 6.92 Å². The van der Waals surface area contributed by atoms with Crippen LogP contribution < -0.4 is 5.32 Å². The molecule has 2 aromatic carbocycles. The molecule has 23 heavy (non-hydrogen) atoms. The Kier molecular flexibility index (Phi) is 4.40. The van der Waals surface area contributed by atoms with E-state index in [1.54, 1.807) is 36.5 Å². The molecular weight excluding hydrogens is 308 g/mol. The SMILES string of the molecule is Cc1cccc(-c2ccc(C(=O)Nc3cccc(Cl)c3)cn2)c1. The van der Waals surface area contributed by atoms with Gasteiger partial charge in [-0.15, -0.1) is 0 Å². The summed E-state index contributed by atoms with van der Waals surface area (Å²) in [4.78, 5) is 16.6. The number of carbonyl (C=O) groups excluding carboxylic acids is 1. The largest absolute Gasteiger partial charge is 0.322 e. The highest BCUT2D eigenvalue weighted by Crippen LogP contribution is 2.19. The Morgan fingerprint density at radius 3 is 2.57 bits per heavy atom. The number of carbonyl (C=O) groups is 1. The molecule has 3 rings (SSSR count). The summed E-state index contributed by atoms with van der Waals surface area (Å²) >= 11 is 5.91. The molecule has 0 aliphatic heterocycles. The summed E-state index contributed by atoms with van der Waals surface area (Å²) in [5.41, 5.74) is 4.21. The third kappa shape index (κ3) is 3.76. The number of rotatable bonds is 3. The van der Waals surface area contributed by atoms with Crippen molar-refractivity contribution in [1.29, 1.82) is 0 Å². The van der Waals surface area contributed by atoms with Gasteiger partial charge in [0.25, 0.3) is 5.91 Å². The van der Waals surface area contributed by atoms with Crippen LogP contribution in [0.5, 0.6) is 0 Å². The third-order valence-corrected chi connectivity index (χ3v) is 3.66. The molecule has 0 aliphatic rings. The van der Waals surface area contributed by atoms with Gasteiger partial charge < -0.3 is 5.32 Å². The smallest absolute Gasteiger partial charge is 0.257 e. The number of nitrogens with one attached hydrogen (secondary N) is 1. The van der Waals surface area contributed by atoms with Gasteiger partial charge in [0.2, 0.25) is 0 Å². The van der Waals surface area contributed by atoms with Gasteiger partial charge in [0, 0.05) is 22.5 Å². The van der Waals surface area contributed by atoms with E-state index >= 15 is 0 Å². The number of aryl methyl sites for hydroxylation is 1. The highest BCUT2D eigenvalue weighted by molar-refractivity contribution is 6.30. The zero-order valence-electron chi connectivity index (χ0n) is 12.6. The lowest BCUT2D eigenvalue weighted by Crippen LogP contribution is -2.12. The molecule has 3 aromatic rings. The number of nitrogens with zero attached hydrogens (tertiary/aromatic N) is 1. The van der Waals surface area contributed by atoms with Crippen molar-refractivity contribution in [2.45, 2.75) is 6.92 Å². The quantitative estimate of drug-likeness (QED) is 0.740. The summed E-state index contributed by atoms with van der Waals surface area (Å²) in [6, 6.07) is 18.8. The maximum absolute atomic E-state index is 12.2. The van der Waals surface area contributed by atoms with Crippen LogP contribution in [0.1, 0.15) is 15.9 Å². The van der Waals surface area contributed by atoms with Crippen LogP contribution in [-0.4, -0.2) is 10.9 Å². The van der Waals surface area contributed by atoms with Gasteiger partial charge in [-0.05, 0) is 43.3 Å². The van der Waals surface area contributed by atoms with Crippen LogP contribution in [0.25, 0.3) is 11.3 Å². The van der Waals surface area contributed by atoms with Crippen molar-refractivity contribution in [2.24, 2.45) is 0 Å². The van der Waals surface area contributed by atoms with Crippen LogP contribution in [0.3, 0.4) is 0 Å². The first-order valence-corrected chi connectivity index (χ1v) is 7.59. The van der Waals surface area contributed by atoms with Gasteiger partial charge in [-0.1, -0.05) is 41.4 Å². The first-order chi connectivity index (χ1) is 11.1. The van der Waals surface area contributed by atoms with Crippen molar-refractivity contribution in [3.8, 4) is 11.3 Å². The summed E-state index contributed by atoms with van der Waals surface area (Å²) in [6.45, 7) is 2.04. The molecule has 0 unspecified atom stereocenters. The number of anilines is 1. The van der Waals surface area contributed by atoms with Gasteiger partial charge in [-0.25, -0.2) is 0 Å². The van der Waals surface area contributed by atoms with Gasteiger partial charge in [-0.2, -0.15) is 0 Å². The fraction of sp³-hybridized carbons (Fsp3) is 0.0526. The molecular formula is C19H15ClN2O. The average Bonchev–Trinajstić information content (AvgIpc) is 2.55. The highest BCUT2D eigenvalue weighted by Gasteiger charge is 2.08. The number of halogens is 1. The second-order valence-electron chi connectivity index (χ2n) is 5.27. The molecule has 0 radical (unpaired) electrons. The minimum atomic E-state index is -0.212. The van der Waals surface area contributed by atoms with E-state index in [0.717, 1.165) is 11.3 Å². The first kappa shape index (κ1) is 15.3. The monoisotopic (exact) mass is 322 g/mol. The van der Waals surface area contributed by atoms with Crippen molar-refractivity contribution < 1.29 is 4.79 Å². The highest BCUT2D eigenvalue weighted by atomic mass is 35.5. The van der Waals surface area contributed by atoms with Crippen molar-refractivity contribution >= 4 is 23.2 Å². The van der Waals surface area contributed by atoms with Crippen LogP contribution in [0.4, 0.5) is 5.69 Å². The lowest BCUT2D eigenvalue weighted by Gasteiger charge is -2.07. The Bertz CT molecular complexity index is 844. The van der Waals surface area contributed by atoms with E-state index in [9.17, 15) is 4.79 Å². The molecule has 1 aromatic heterocycles. The topological polar surface area (TPSA) is 42.0 Å². The fourth-order valence-electron chi connectivity index (χ4n) is 2.27. The molecule has 4 heteroatoms. The van der Waals surface area contributed by atoms with Crippen LogP contribution >= 0.6 is 11.6 Å². The van der Waals surface area contributed by atoms with Crippen molar-refractivity contribution in [3.05, 3.63) is 83.0 Å². The molecule has 1 heterocycles. The Hall–Kier alpha value is -2.65. The maximum atomic E-state index is 12.2. The van der Waals surface area contributed by atoms with Crippen molar-refractivity contribution in [2.75, 3.05) is 5.32 Å². The Balaban J connectivity index is 1.78. The van der Waals surface area contributed by atoms with E-state index in [1.165, 1.54) is 5.56 Å². The van der Waals surface area contributed by atoms with Crippen LogP contribution in [-0.2, 0) is 0 Å². The molecule has 0 aliphatic carbocycles. The number of pyridine rings is 1. The zero-order chi connectivity index (χ0) is 16.2. The van der Waals surface area contributed by atoms with E-state index in [-0.39, 0.29) is 5.91 Å². The molecule has 0 bridgehead atoms. The van der Waals surface area contributed by atoms with Crippen LogP contribution in [0.15, 0.2) is 66.9 Å². The minimum Gasteiger partial charge on any atom is -0.322 e. The molecule has 1 N–H and O–H groups in total. The minimum absolute atomic E-state index is 0.212. The third-order valence-electron chi connectivity index (χ3n) is 3.42. The number of hydrogen-bond acceptors (Lipinski definition) is 2. The van der Waals surface area contributed by atoms with Gasteiger partial charge in [0.1, 0.15) is 0 Å². The van der Waals surface area contributed by atoms with Crippen molar-refractivity contribution in [1.82, 2.24) is 4.98 Å². The maximum Gasteiger partial charge on any atom is 0.257 e. The number of benzene rings is 2. The van der Waals surface area contributed by atoms with Crippen molar-refractivity contribution in [3.63, 3.8) is 0 Å². The summed E-state index contributed by atoms with van der Waals surface area (Å²) in [5.74, 6) is -0.212. The second kappa shape index (κ2) is 6.63. The second-order valence-corrected chi connectivity index (χ2v) is 5.70. The van der Waals surface area contributed by atoms with Gasteiger partial charge in [0.05, 0.1) is 11.3 Å². The summed E-state index contributed by atoms with van der Waals surface area (Å²) in [7, 11) is 0. The summed E-state index contributed by atoms with van der Waals surface area (Å²) in [5, 5.41) is 3.38. The van der Waals surface area contributed by atoms with Crippen LogP contribution in [0.2, 0.25) is 5.02 Å². The van der Waals surface area contributed by atoms with E-state index in [4.69, 9.17) is 11.6 Å². The number of amides is 1. The fourth-order valence-corrected chi connectivity index (χ4v) is 2.46. The number of aromatic nitrogens is 1. The molecule has 0 spiro atoms. The predicted octanol–water partition coefficient (Wildman–Crippen LogP) is 4.96. The van der Waals surface area contributed by atoms with E-state index in [1.807, 2.05) is 31.2 Å². The molecule has 0 fully saturated rings. The zero-order valence-corrected chi connectivity index (χ0v) is 13.3. The van der Waals surface area contributed by atoms with Gasteiger partial charge in [0.15, 0.2) is 0 Å². The lowest BCUT2D eigenvalue weighted by atomic mass is 10.1. The molecule has 114 valence electrons. The first-order valence-electron chi connectivity index (χ1n) is 7.22. The molecule has 3 nitrogen and oxygen atoms in total. The summed E-state index contributed by atoms with van der Waals surface area (Å²) in [6.07, 6.45) is 1.58. The summed E-state index contributed by atoms with van der Waals surface area (Å²) < 4.78 is 0. The standard InChI is InChI=1S/C19H15ClN2O/c1-13-4-2-5-14(10-13)18-9-8-15(12-21-18)19(23)22-17-7-3-6-16(20)11-17/h2-12H,1H3,(H,22,23). The normalized spacial score (nSPS) is 10.3. The predicted molar refractivity (Wildman–Crippen MR) is 93.8 cm³/mol. The van der Waals surface area contributed by atoms with E-state index in [0.29, 0.717) is 16.3 Å². The Morgan fingerprint density at radius 1 is 1.04 bits per heavy atom. The van der Waals surface area contributed by atoms with E-state index < -0.39 is 0 Å². The average molecular weight is 323 g/mol. The lowest BCUT2D eigenvalue weighted by molar-refractivity contribution is 0.102. The Labute approximate surface area is 140 Å². The Morgan fingerprint density at radius 2 is 1.87 bits per heavy atom. The van der Waals surface area contributed by atoms with Gasteiger partial charge in [-0.3, -0.25) is 9.78 Å². The number of hydrogen-bond donors (Lipinski definition) is 1. The molecule has 0 saturated carbocycles. The van der Waals surface area contributed by atoms with E-state index in [2.05, 4.69) is 16.4 Å². The molecule has 0 saturated heterocycles. The van der Waals surface area contributed by atoms with Gasteiger partial charge >= 0.3 is 0 Å². The molecule has 1 amide bonds.